The molecule has 1 aromatic rings. The van der Waals surface area contributed by atoms with Crippen LogP contribution in [0.5, 0.6) is 5.75 Å². The summed E-state index contributed by atoms with van der Waals surface area (Å²) in [5.41, 5.74) is -1.11. The average molecular weight is 304 g/mol. The van der Waals surface area contributed by atoms with E-state index in [9.17, 15) is 9.59 Å². The first-order valence-electron chi connectivity index (χ1n) is 5.55. The van der Waals surface area contributed by atoms with Gasteiger partial charge < -0.3 is 15.2 Å². The van der Waals surface area contributed by atoms with Crippen molar-refractivity contribution < 1.29 is 19.4 Å². The van der Waals surface area contributed by atoms with Crippen LogP contribution in [0, 0.1) is 0 Å². The monoisotopic (exact) mass is 303 g/mol. The second-order valence-electron chi connectivity index (χ2n) is 4.30. The average Bonchev–Trinajstić information content (AvgIpc) is 3.09. The molecule has 0 saturated heterocycles. The minimum atomic E-state index is -1.11. The molecule has 19 heavy (non-hydrogen) atoms. The number of nitrogens with one attached hydrogen (secondary N) is 1. The van der Waals surface area contributed by atoms with E-state index in [0.717, 1.165) is 0 Å². The van der Waals surface area contributed by atoms with E-state index in [2.05, 4.69) is 5.32 Å². The number of hydrogen-bond acceptors (Lipinski definition) is 3. The molecule has 102 valence electrons. The zero-order valence-corrected chi connectivity index (χ0v) is 11.3. The van der Waals surface area contributed by atoms with Gasteiger partial charge in [0.05, 0.1) is 5.02 Å². The fraction of sp³-hybridized carbons (Fsp3) is 0.333. The van der Waals surface area contributed by atoms with Crippen LogP contribution in [-0.4, -0.2) is 29.1 Å². The molecule has 7 heteroatoms. The predicted octanol–water partition coefficient (Wildman–Crippen LogP) is 2.11. The van der Waals surface area contributed by atoms with Crippen LogP contribution < -0.4 is 10.1 Å². The molecule has 2 rings (SSSR count). The van der Waals surface area contributed by atoms with Crippen molar-refractivity contribution in [1.29, 1.82) is 0 Å². The number of amides is 1. The van der Waals surface area contributed by atoms with Gasteiger partial charge in [-0.05, 0) is 31.0 Å². The van der Waals surface area contributed by atoms with Gasteiger partial charge in [0.15, 0.2) is 6.61 Å². The number of aliphatic carboxylic acids is 1. The number of carbonyl (C=O) groups is 2. The Kier molecular flexibility index (Phi) is 3.87. The molecule has 5 nitrogen and oxygen atoms in total. The van der Waals surface area contributed by atoms with Crippen molar-refractivity contribution in [2.75, 3.05) is 6.61 Å². The fourth-order valence-corrected chi connectivity index (χ4v) is 2.02. The van der Waals surface area contributed by atoms with Crippen LogP contribution in [0.3, 0.4) is 0 Å². The Labute approximate surface area is 119 Å². The van der Waals surface area contributed by atoms with Crippen LogP contribution in [0.15, 0.2) is 18.2 Å². The summed E-state index contributed by atoms with van der Waals surface area (Å²) in [6.07, 6.45) is 0.881. The van der Waals surface area contributed by atoms with Gasteiger partial charge in [-0.25, -0.2) is 4.79 Å². The van der Waals surface area contributed by atoms with Gasteiger partial charge in [0.2, 0.25) is 0 Å². The Balaban J connectivity index is 1.89. The zero-order valence-electron chi connectivity index (χ0n) is 9.78. The van der Waals surface area contributed by atoms with Gasteiger partial charge in [-0.2, -0.15) is 0 Å². The van der Waals surface area contributed by atoms with Gasteiger partial charge in [-0.15, -0.1) is 0 Å². The number of hydrogen-bond donors (Lipinski definition) is 2. The Morgan fingerprint density at radius 1 is 1.37 bits per heavy atom. The molecule has 1 aromatic carbocycles. The summed E-state index contributed by atoms with van der Waals surface area (Å²) in [6, 6.07) is 4.62. The quantitative estimate of drug-likeness (QED) is 0.873. The summed E-state index contributed by atoms with van der Waals surface area (Å²) in [5.74, 6) is -1.20. The molecule has 0 aliphatic heterocycles. The van der Waals surface area contributed by atoms with E-state index in [1.165, 1.54) is 6.07 Å². The number of ether oxygens (including phenoxy) is 1. The molecular weight excluding hydrogens is 293 g/mol. The minimum Gasteiger partial charge on any atom is -0.482 e. The van der Waals surface area contributed by atoms with Crippen molar-refractivity contribution in [3.05, 3.63) is 28.2 Å². The van der Waals surface area contributed by atoms with Crippen molar-refractivity contribution in [3.63, 3.8) is 0 Å². The van der Waals surface area contributed by atoms with Gasteiger partial charge in [-0.3, -0.25) is 4.79 Å². The van der Waals surface area contributed by atoms with Gasteiger partial charge in [0.25, 0.3) is 5.91 Å². The highest BCUT2D eigenvalue weighted by molar-refractivity contribution is 6.35. The van der Waals surface area contributed by atoms with Crippen LogP contribution in [0.25, 0.3) is 0 Å². The number of rotatable bonds is 5. The summed E-state index contributed by atoms with van der Waals surface area (Å²) in [6.45, 7) is -0.295. The maximum absolute atomic E-state index is 11.6. The number of halogens is 2. The lowest BCUT2D eigenvalue weighted by atomic mass is 10.3. The van der Waals surface area contributed by atoms with Gasteiger partial charge in [0.1, 0.15) is 11.3 Å². The molecule has 0 aromatic heterocycles. The SMILES string of the molecule is O=C(COc1ccc(Cl)cc1Cl)NC1(C(=O)O)CC1. The molecule has 1 fully saturated rings. The largest absolute Gasteiger partial charge is 0.482 e. The van der Waals surface area contributed by atoms with Crippen LogP contribution in [0.1, 0.15) is 12.8 Å². The predicted molar refractivity (Wildman–Crippen MR) is 69.7 cm³/mol. The Hall–Kier alpha value is -1.46. The maximum Gasteiger partial charge on any atom is 0.329 e. The lowest BCUT2D eigenvalue weighted by molar-refractivity contribution is -0.143. The topological polar surface area (TPSA) is 75.6 Å². The van der Waals surface area contributed by atoms with E-state index < -0.39 is 17.4 Å². The first-order chi connectivity index (χ1) is 8.93. The minimum absolute atomic E-state index is 0.291. The molecule has 0 unspecified atom stereocenters. The van der Waals surface area contributed by atoms with Crippen molar-refractivity contribution in [2.24, 2.45) is 0 Å². The summed E-state index contributed by atoms with van der Waals surface area (Å²) < 4.78 is 5.21. The first kappa shape index (κ1) is 14.0. The third kappa shape index (κ3) is 3.30. The maximum atomic E-state index is 11.6. The Bertz CT molecular complexity index is 528. The Morgan fingerprint density at radius 2 is 2.05 bits per heavy atom. The lowest BCUT2D eigenvalue weighted by Crippen LogP contribution is -2.45. The van der Waals surface area contributed by atoms with Gasteiger partial charge in [0, 0.05) is 5.02 Å². The Morgan fingerprint density at radius 3 is 2.58 bits per heavy atom. The third-order valence-electron chi connectivity index (χ3n) is 2.79. The van der Waals surface area contributed by atoms with Crippen LogP contribution in [0.4, 0.5) is 0 Å². The second-order valence-corrected chi connectivity index (χ2v) is 5.14. The molecule has 0 atom stereocenters. The molecule has 0 bridgehead atoms. The standard InChI is InChI=1S/C12H11Cl2NO4/c13-7-1-2-9(8(14)5-7)19-6-10(16)15-12(3-4-12)11(17)18/h1-2,5H,3-4,6H2,(H,15,16)(H,17,18). The molecule has 0 radical (unpaired) electrons. The van der Waals surface area contributed by atoms with E-state index in [0.29, 0.717) is 28.6 Å². The number of benzene rings is 1. The third-order valence-corrected chi connectivity index (χ3v) is 3.32. The highest BCUT2D eigenvalue weighted by atomic mass is 35.5. The highest BCUT2D eigenvalue weighted by Gasteiger charge is 2.51. The van der Waals surface area contributed by atoms with E-state index in [-0.39, 0.29) is 6.61 Å². The van der Waals surface area contributed by atoms with Crippen LogP contribution >= 0.6 is 23.2 Å². The van der Waals surface area contributed by atoms with Crippen molar-refractivity contribution in [3.8, 4) is 5.75 Å². The van der Waals surface area contributed by atoms with Crippen molar-refractivity contribution >= 4 is 35.1 Å². The normalized spacial score (nSPS) is 15.7. The van der Waals surface area contributed by atoms with E-state index in [4.69, 9.17) is 33.0 Å². The smallest absolute Gasteiger partial charge is 0.329 e. The summed E-state index contributed by atoms with van der Waals surface area (Å²) in [4.78, 5) is 22.5. The van der Waals surface area contributed by atoms with E-state index in [1.807, 2.05) is 0 Å². The van der Waals surface area contributed by atoms with E-state index >= 15 is 0 Å². The molecule has 2 N–H and O–H groups in total. The summed E-state index contributed by atoms with van der Waals surface area (Å²) in [5, 5.41) is 12.1. The molecule has 1 aliphatic rings. The molecular formula is C12H11Cl2NO4. The van der Waals surface area contributed by atoms with Gasteiger partial charge >= 0.3 is 5.97 Å². The van der Waals surface area contributed by atoms with E-state index in [1.54, 1.807) is 12.1 Å². The molecule has 0 heterocycles. The molecule has 1 amide bonds. The number of carboxylic acids is 1. The molecule has 1 saturated carbocycles. The summed E-state index contributed by atoms with van der Waals surface area (Å²) >= 11 is 11.6. The zero-order chi connectivity index (χ0) is 14.0. The first-order valence-corrected chi connectivity index (χ1v) is 6.31. The summed E-state index contributed by atoms with van der Waals surface area (Å²) in [7, 11) is 0. The fourth-order valence-electron chi connectivity index (χ4n) is 1.56. The van der Waals surface area contributed by atoms with Gasteiger partial charge in [-0.1, -0.05) is 23.2 Å². The van der Waals surface area contributed by atoms with Crippen molar-refractivity contribution in [1.82, 2.24) is 5.32 Å². The lowest BCUT2D eigenvalue weighted by Gasteiger charge is -2.13. The molecule has 0 spiro atoms. The van der Waals surface area contributed by atoms with Crippen LogP contribution in [-0.2, 0) is 9.59 Å². The van der Waals surface area contributed by atoms with Crippen molar-refractivity contribution in [2.45, 2.75) is 18.4 Å². The van der Waals surface area contributed by atoms with Crippen LogP contribution in [0.2, 0.25) is 10.0 Å². The second kappa shape index (κ2) is 5.27. The number of carbonyl (C=O) groups excluding carboxylic acids is 1. The molecule has 1 aliphatic carbocycles. The number of carboxylic acid groups (broad SMARTS) is 1. The highest BCUT2D eigenvalue weighted by Crippen LogP contribution is 2.35.